The summed E-state index contributed by atoms with van der Waals surface area (Å²) in [4.78, 5) is 14.3. The fraction of sp³-hybridized carbons (Fsp3) is 0.944. The lowest BCUT2D eigenvalue weighted by Crippen LogP contribution is -2.50. The van der Waals surface area contributed by atoms with Crippen molar-refractivity contribution in [3.8, 4) is 0 Å². The molecule has 1 aliphatic heterocycles. The van der Waals surface area contributed by atoms with Crippen molar-refractivity contribution in [3.63, 3.8) is 0 Å². The van der Waals surface area contributed by atoms with Gasteiger partial charge in [0.2, 0.25) is 9.05 Å². The number of halogens is 1. The quantitative estimate of drug-likeness (QED) is 0.646. The van der Waals surface area contributed by atoms with Gasteiger partial charge in [-0.1, -0.05) is 13.3 Å². The second-order valence-electron chi connectivity index (χ2n) is 8.32. The monoisotopic (exact) mass is 429 g/mol. The Morgan fingerprint density at radius 3 is 2.33 bits per heavy atom. The molecule has 162 valence electrons. The minimum absolute atomic E-state index is 0.0356. The summed E-state index contributed by atoms with van der Waals surface area (Å²) >= 11 is 0. The van der Waals surface area contributed by atoms with Gasteiger partial charge in [0.15, 0.2) is 0 Å². The van der Waals surface area contributed by atoms with Gasteiger partial charge in [0, 0.05) is 17.3 Å². The number of carbonyl (C=O) groups is 1. The van der Waals surface area contributed by atoms with Gasteiger partial charge >= 0.3 is 6.09 Å². The zero-order valence-electron chi connectivity index (χ0n) is 17.6. The lowest BCUT2D eigenvalue weighted by atomic mass is 9.92. The van der Waals surface area contributed by atoms with Crippen molar-refractivity contribution in [1.29, 1.82) is 0 Å². The van der Waals surface area contributed by atoms with Crippen LogP contribution in [0, 0.1) is 5.92 Å². The molecule has 1 saturated heterocycles. The Labute approximate surface area is 168 Å². The van der Waals surface area contributed by atoms with E-state index in [4.69, 9.17) is 14.6 Å². The van der Waals surface area contributed by atoms with Crippen LogP contribution in [0.3, 0.4) is 0 Å². The first-order chi connectivity index (χ1) is 12.1. The van der Waals surface area contributed by atoms with Crippen molar-refractivity contribution in [3.05, 3.63) is 0 Å². The molecule has 2 unspecified atom stereocenters. The minimum Gasteiger partial charge on any atom is -0.444 e. The van der Waals surface area contributed by atoms with Gasteiger partial charge in [-0.25, -0.2) is 13.2 Å². The zero-order chi connectivity index (χ0) is 21.5. The van der Waals surface area contributed by atoms with E-state index in [1.165, 1.54) is 0 Å². The first kappa shape index (κ1) is 26.4. The largest absolute Gasteiger partial charge is 0.444 e. The van der Waals surface area contributed by atoms with Crippen LogP contribution in [0.1, 0.15) is 67.2 Å². The van der Waals surface area contributed by atoms with Crippen LogP contribution in [0.4, 0.5) is 4.79 Å². The van der Waals surface area contributed by atoms with Crippen LogP contribution in [0.15, 0.2) is 0 Å². The van der Waals surface area contributed by atoms with Gasteiger partial charge in [-0.15, -0.1) is 0 Å². The van der Waals surface area contributed by atoms with Crippen LogP contribution in [0.25, 0.3) is 0 Å². The van der Waals surface area contributed by atoms with Gasteiger partial charge < -0.3 is 14.6 Å². The van der Waals surface area contributed by atoms with Gasteiger partial charge in [0.05, 0.1) is 18.9 Å². The van der Waals surface area contributed by atoms with Crippen molar-refractivity contribution in [1.82, 2.24) is 4.90 Å². The molecule has 0 bridgehead atoms. The number of rotatable bonds is 6. The average molecular weight is 430 g/mol. The summed E-state index contributed by atoms with van der Waals surface area (Å²) in [7, 11) is 1.31. The summed E-state index contributed by atoms with van der Waals surface area (Å²) in [6.07, 6.45) is 4.33. The topological polar surface area (TPSA) is 93.1 Å². The molecular weight excluding hydrogens is 394 g/mol. The zero-order valence-corrected chi connectivity index (χ0v) is 19.2. The highest BCUT2D eigenvalue weighted by molar-refractivity contribution is 8.13. The maximum Gasteiger partial charge on any atom is 0.412 e. The number of hydrogen-bond acceptors (Lipinski definition) is 6. The van der Waals surface area contributed by atoms with E-state index in [9.17, 15) is 13.2 Å². The summed E-state index contributed by atoms with van der Waals surface area (Å²) in [6.45, 7) is 12.4. The Morgan fingerprint density at radius 2 is 1.93 bits per heavy atom. The molecule has 1 fully saturated rings. The fourth-order valence-corrected chi connectivity index (χ4v) is 2.99. The maximum atomic E-state index is 12.6. The third-order valence-corrected chi connectivity index (χ3v) is 4.12. The molecule has 0 aromatic rings. The highest BCUT2D eigenvalue weighted by Crippen LogP contribution is 2.33. The number of amides is 1. The fourth-order valence-electron chi connectivity index (χ4n) is 2.99. The van der Waals surface area contributed by atoms with E-state index in [-0.39, 0.29) is 18.7 Å². The molecule has 0 saturated carbocycles. The van der Waals surface area contributed by atoms with Crippen molar-refractivity contribution in [2.24, 2.45) is 5.92 Å². The Balaban J connectivity index is 0.00000119. The first-order valence-electron chi connectivity index (χ1n) is 9.27. The minimum atomic E-state index is -3.19. The molecule has 0 aromatic heterocycles. The first-order valence-corrected chi connectivity index (χ1v) is 12.0. The number of ether oxygens (including phenoxy) is 2. The number of aliphatic hydroxyl groups is 1. The van der Waals surface area contributed by atoms with Gasteiger partial charge in [-0.3, -0.25) is 4.90 Å². The predicted molar refractivity (Wildman–Crippen MR) is 107 cm³/mol. The SMILES string of the molecule is CCC(CCCO)CC1COC(C)(C)N1C(=O)OC(C)(C)C.CS(=O)(=O)Cl. The Kier molecular flexibility index (Phi) is 10.6. The molecule has 1 aliphatic rings. The maximum absolute atomic E-state index is 12.6. The summed E-state index contributed by atoms with van der Waals surface area (Å²) in [6, 6.07) is 0.0356. The van der Waals surface area contributed by atoms with Crippen molar-refractivity contribution in [2.45, 2.75) is 84.6 Å². The number of aliphatic hydroxyl groups excluding tert-OH is 1. The molecule has 1 N–H and O–H groups in total. The molecule has 1 amide bonds. The van der Waals surface area contributed by atoms with Crippen LogP contribution >= 0.6 is 10.7 Å². The molecule has 1 rings (SSSR count). The second kappa shape index (κ2) is 10.8. The van der Waals surface area contributed by atoms with E-state index < -0.39 is 20.4 Å². The van der Waals surface area contributed by atoms with Gasteiger partial charge in [-0.2, -0.15) is 0 Å². The lowest BCUT2D eigenvalue weighted by Gasteiger charge is -2.36. The molecule has 0 radical (unpaired) electrons. The summed E-state index contributed by atoms with van der Waals surface area (Å²) < 4.78 is 30.2. The third kappa shape index (κ3) is 11.8. The molecule has 1 heterocycles. The molecule has 9 heteroatoms. The van der Waals surface area contributed by atoms with Crippen molar-refractivity contribution < 1.29 is 27.8 Å². The van der Waals surface area contributed by atoms with Gasteiger partial charge in [0.25, 0.3) is 0 Å². The van der Waals surface area contributed by atoms with Crippen molar-refractivity contribution in [2.75, 3.05) is 19.5 Å². The molecule has 2 atom stereocenters. The van der Waals surface area contributed by atoms with Crippen LogP contribution < -0.4 is 0 Å². The molecule has 0 aliphatic carbocycles. The summed E-state index contributed by atoms with van der Waals surface area (Å²) in [5, 5.41) is 9.01. The molecule has 27 heavy (non-hydrogen) atoms. The van der Waals surface area contributed by atoms with Crippen molar-refractivity contribution >= 4 is 25.8 Å². The van der Waals surface area contributed by atoms with Crippen LogP contribution in [0.2, 0.25) is 0 Å². The van der Waals surface area contributed by atoms with E-state index in [1.807, 2.05) is 34.6 Å². The summed E-state index contributed by atoms with van der Waals surface area (Å²) in [5.74, 6) is 0.486. The van der Waals surface area contributed by atoms with E-state index >= 15 is 0 Å². The van der Waals surface area contributed by atoms with E-state index in [2.05, 4.69) is 17.6 Å². The number of nitrogens with zero attached hydrogens (tertiary/aromatic N) is 1. The standard InChI is InChI=1S/C17H33NO4.CH3ClO2S/c1-7-13(9-8-10-19)11-14-12-21-17(5,6)18(14)15(20)22-16(2,3)4;1-5(2,3)4/h13-14,19H,7-12H2,1-6H3;1H3. The Bertz CT molecular complexity index is 551. The van der Waals surface area contributed by atoms with E-state index in [0.717, 1.165) is 31.9 Å². The molecule has 7 nitrogen and oxygen atoms in total. The smallest absolute Gasteiger partial charge is 0.412 e. The van der Waals surface area contributed by atoms with E-state index in [0.29, 0.717) is 12.5 Å². The lowest BCUT2D eigenvalue weighted by molar-refractivity contribution is -0.0631. The predicted octanol–water partition coefficient (Wildman–Crippen LogP) is 3.73. The summed E-state index contributed by atoms with van der Waals surface area (Å²) in [5.41, 5.74) is -1.15. The number of hydrogen-bond donors (Lipinski definition) is 1. The van der Waals surface area contributed by atoms with Crippen LogP contribution in [-0.2, 0) is 18.5 Å². The second-order valence-corrected chi connectivity index (χ2v) is 11.4. The normalized spacial score (nSPS) is 20.6. The third-order valence-electron chi connectivity index (χ3n) is 4.12. The van der Waals surface area contributed by atoms with Gasteiger partial charge in [-0.05, 0) is 59.8 Å². The molecule has 0 aromatic carbocycles. The molecular formula is C18H36ClNO6S. The van der Waals surface area contributed by atoms with Gasteiger partial charge in [0.1, 0.15) is 11.3 Å². The Hall–Kier alpha value is -0.570. The molecule has 0 spiro atoms. The highest BCUT2D eigenvalue weighted by atomic mass is 35.7. The van der Waals surface area contributed by atoms with Crippen LogP contribution in [0.5, 0.6) is 0 Å². The average Bonchev–Trinajstić information content (AvgIpc) is 2.74. The van der Waals surface area contributed by atoms with Crippen LogP contribution in [-0.4, -0.2) is 61.4 Å². The highest BCUT2D eigenvalue weighted by Gasteiger charge is 2.45. The van der Waals surface area contributed by atoms with E-state index in [1.54, 1.807) is 4.90 Å². The number of carbonyl (C=O) groups excluding carboxylic acids is 1. The Morgan fingerprint density at radius 1 is 1.41 bits per heavy atom.